The first kappa shape index (κ1) is 14.6. The van der Waals surface area contributed by atoms with E-state index in [1.54, 1.807) is 6.20 Å². The Bertz CT molecular complexity index is 854. The van der Waals surface area contributed by atoms with Gasteiger partial charge < -0.3 is 9.80 Å². The van der Waals surface area contributed by atoms with Crippen molar-refractivity contribution in [3.8, 4) is 0 Å². The Morgan fingerprint density at radius 1 is 0.875 bits per heavy atom. The molecule has 120 valence electrons. The maximum absolute atomic E-state index is 12.9. The second kappa shape index (κ2) is 6.23. The number of anilines is 1. The van der Waals surface area contributed by atoms with Crippen molar-refractivity contribution < 1.29 is 4.79 Å². The van der Waals surface area contributed by atoms with Gasteiger partial charge in [-0.1, -0.05) is 24.3 Å². The van der Waals surface area contributed by atoms with Gasteiger partial charge in [-0.05, 0) is 18.2 Å². The topological polar surface area (TPSA) is 62.2 Å². The van der Waals surface area contributed by atoms with E-state index in [9.17, 15) is 4.79 Å². The van der Waals surface area contributed by atoms with Crippen LogP contribution in [0.2, 0.25) is 0 Å². The molecular formula is C18H17N5O. The van der Waals surface area contributed by atoms with Gasteiger partial charge in [0.25, 0.3) is 5.91 Å². The van der Waals surface area contributed by atoms with E-state index in [0.717, 1.165) is 29.8 Å². The summed E-state index contributed by atoms with van der Waals surface area (Å²) in [5.74, 6) is 0.923. The number of carbonyl (C=O) groups is 1. The SMILES string of the molecule is O=C(c1ncnc2ccccc12)N1CCN(c2ccccn2)CC1. The highest BCUT2D eigenvalue weighted by Crippen LogP contribution is 2.18. The van der Waals surface area contributed by atoms with E-state index in [-0.39, 0.29) is 5.91 Å². The summed E-state index contributed by atoms with van der Waals surface area (Å²) in [6.45, 7) is 2.86. The zero-order valence-electron chi connectivity index (χ0n) is 13.2. The maximum atomic E-state index is 12.9. The predicted octanol–water partition coefficient (Wildman–Crippen LogP) is 1.99. The molecule has 24 heavy (non-hydrogen) atoms. The van der Waals surface area contributed by atoms with Crippen molar-refractivity contribution in [3.63, 3.8) is 0 Å². The molecule has 1 amide bonds. The number of hydrogen-bond donors (Lipinski definition) is 0. The second-order valence-electron chi connectivity index (χ2n) is 5.71. The Morgan fingerprint density at radius 3 is 2.46 bits per heavy atom. The normalized spacial score (nSPS) is 14.8. The minimum absolute atomic E-state index is 0.0331. The molecule has 6 heteroatoms. The molecule has 2 aromatic heterocycles. The monoisotopic (exact) mass is 319 g/mol. The van der Waals surface area contributed by atoms with E-state index in [1.807, 2.05) is 47.4 Å². The number of pyridine rings is 1. The lowest BCUT2D eigenvalue weighted by Gasteiger charge is -2.35. The smallest absolute Gasteiger partial charge is 0.273 e. The lowest BCUT2D eigenvalue weighted by atomic mass is 10.1. The summed E-state index contributed by atoms with van der Waals surface area (Å²) in [6.07, 6.45) is 3.25. The number of amides is 1. The van der Waals surface area contributed by atoms with Gasteiger partial charge >= 0.3 is 0 Å². The van der Waals surface area contributed by atoms with Gasteiger partial charge in [-0.3, -0.25) is 4.79 Å². The summed E-state index contributed by atoms with van der Waals surface area (Å²) in [5.41, 5.74) is 1.27. The van der Waals surface area contributed by atoms with Gasteiger partial charge in [0.15, 0.2) is 0 Å². The van der Waals surface area contributed by atoms with Crippen LogP contribution in [0, 0.1) is 0 Å². The van der Waals surface area contributed by atoms with Crippen LogP contribution >= 0.6 is 0 Å². The predicted molar refractivity (Wildman–Crippen MR) is 91.9 cm³/mol. The Morgan fingerprint density at radius 2 is 1.67 bits per heavy atom. The van der Waals surface area contributed by atoms with Crippen molar-refractivity contribution in [2.75, 3.05) is 31.1 Å². The van der Waals surface area contributed by atoms with Crippen molar-refractivity contribution in [1.82, 2.24) is 19.9 Å². The standard InChI is InChI=1S/C18H17N5O/c24-18(17-14-5-1-2-6-15(14)20-13-21-17)23-11-9-22(10-12-23)16-7-3-4-8-19-16/h1-8,13H,9-12H2. The zero-order chi connectivity index (χ0) is 16.4. The van der Waals surface area contributed by atoms with E-state index >= 15 is 0 Å². The number of para-hydroxylation sites is 1. The molecule has 0 aliphatic carbocycles. The molecule has 0 saturated carbocycles. The second-order valence-corrected chi connectivity index (χ2v) is 5.71. The third-order valence-corrected chi connectivity index (χ3v) is 4.29. The number of piperazine rings is 1. The van der Waals surface area contributed by atoms with Crippen LogP contribution in [0.4, 0.5) is 5.82 Å². The fourth-order valence-electron chi connectivity index (χ4n) is 3.00. The van der Waals surface area contributed by atoms with Gasteiger partial charge in [-0.15, -0.1) is 0 Å². The first-order chi connectivity index (χ1) is 11.8. The minimum atomic E-state index is -0.0331. The molecule has 0 spiro atoms. The minimum Gasteiger partial charge on any atom is -0.353 e. The zero-order valence-corrected chi connectivity index (χ0v) is 13.2. The van der Waals surface area contributed by atoms with Crippen LogP contribution < -0.4 is 4.90 Å². The molecule has 0 radical (unpaired) electrons. The molecular weight excluding hydrogens is 302 g/mol. The number of carbonyl (C=O) groups excluding carboxylic acids is 1. The van der Waals surface area contributed by atoms with Gasteiger partial charge in [0, 0.05) is 37.8 Å². The average molecular weight is 319 g/mol. The highest BCUT2D eigenvalue weighted by atomic mass is 16.2. The van der Waals surface area contributed by atoms with Crippen LogP contribution in [-0.4, -0.2) is 51.9 Å². The van der Waals surface area contributed by atoms with Gasteiger partial charge in [0.1, 0.15) is 17.8 Å². The molecule has 3 aromatic rings. The van der Waals surface area contributed by atoms with Gasteiger partial charge in [-0.2, -0.15) is 0 Å². The Kier molecular flexibility index (Phi) is 3.78. The van der Waals surface area contributed by atoms with Crippen LogP contribution in [0.1, 0.15) is 10.5 Å². The van der Waals surface area contributed by atoms with Crippen molar-refractivity contribution in [2.45, 2.75) is 0 Å². The van der Waals surface area contributed by atoms with Crippen molar-refractivity contribution >= 4 is 22.6 Å². The molecule has 0 unspecified atom stereocenters. The summed E-state index contributed by atoms with van der Waals surface area (Å²) in [4.78, 5) is 29.7. The largest absolute Gasteiger partial charge is 0.353 e. The number of benzene rings is 1. The fourth-order valence-corrected chi connectivity index (χ4v) is 3.00. The van der Waals surface area contributed by atoms with E-state index < -0.39 is 0 Å². The molecule has 0 bridgehead atoms. The van der Waals surface area contributed by atoms with Crippen LogP contribution in [0.15, 0.2) is 55.0 Å². The average Bonchev–Trinajstić information content (AvgIpc) is 2.68. The molecule has 1 aliphatic rings. The summed E-state index contributed by atoms with van der Waals surface area (Å²) < 4.78 is 0. The molecule has 4 rings (SSSR count). The van der Waals surface area contributed by atoms with Crippen molar-refractivity contribution in [2.24, 2.45) is 0 Å². The summed E-state index contributed by atoms with van der Waals surface area (Å²) in [6, 6.07) is 13.5. The number of fused-ring (bicyclic) bond motifs is 1. The highest BCUT2D eigenvalue weighted by Gasteiger charge is 2.24. The number of rotatable bonds is 2. The van der Waals surface area contributed by atoms with Crippen LogP contribution in [0.3, 0.4) is 0 Å². The molecule has 1 aromatic carbocycles. The number of nitrogens with zero attached hydrogens (tertiary/aromatic N) is 5. The van der Waals surface area contributed by atoms with Crippen molar-refractivity contribution in [3.05, 3.63) is 60.7 Å². The van der Waals surface area contributed by atoms with E-state index in [4.69, 9.17) is 0 Å². The Labute approximate surface area is 139 Å². The van der Waals surface area contributed by atoms with Crippen LogP contribution in [-0.2, 0) is 0 Å². The van der Waals surface area contributed by atoms with E-state index in [2.05, 4.69) is 19.9 Å². The first-order valence-corrected chi connectivity index (χ1v) is 7.98. The molecule has 6 nitrogen and oxygen atoms in total. The Hall–Kier alpha value is -3.02. The molecule has 3 heterocycles. The van der Waals surface area contributed by atoms with Crippen LogP contribution in [0.25, 0.3) is 10.9 Å². The highest BCUT2D eigenvalue weighted by molar-refractivity contribution is 6.04. The fraction of sp³-hybridized carbons (Fsp3) is 0.222. The maximum Gasteiger partial charge on any atom is 0.273 e. The summed E-state index contributed by atoms with van der Waals surface area (Å²) in [7, 11) is 0. The lowest BCUT2D eigenvalue weighted by molar-refractivity contribution is 0.0742. The van der Waals surface area contributed by atoms with Gasteiger partial charge in [-0.25, -0.2) is 15.0 Å². The number of aromatic nitrogens is 3. The molecule has 1 aliphatic heterocycles. The van der Waals surface area contributed by atoms with E-state index in [0.29, 0.717) is 18.8 Å². The van der Waals surface area contributed by atoms with E-state index in [1.165, 1.54) is 6.33 Å². The third kappa shape index (κ3) is 2.67. The lowest BCUT2D eigenvalue weighted by Crippen LogP contribution is -2.49. The molecule has 0 atom stereocenters. The quantitative estimate of drug-likeness (QED) is 0.723. The molecule has 1 saturated heterocycles. The Balaban J connectivity index is 1.52. The summed E-state index contributed by atoms with van der Waals surface area (Å²) in [5, 5.41) is 0.803. The molecule has 1 fully saturated rings. The molecule has 0 N–H and O–H groups in total. The van der Waals surface area contributed by atoms with Crippen LogP contribution in [0.5, 0.6) is 0 Å². The van der Waals surface area contributed by atoms with Gasteiger partial charge in [0.2, 0.25) is 0 Å². The number of hydrogen-bond acceptors (Lipinski definition) is 5. The first-order valence-electron chi connectivity index (χ1n) is 7.98. The van der Waals surface area contributed by atoms with Gasteiger partial charge in [0.05, 0.1) is 5.52 Å². The van der Waals surface area contributed by atoms with Crippen molar-refractivity contribution in [1.29, 1.82) is 0 Å². The third-order valence-electron chi connectivity index (χ3n) is 4.29. The summed E-state index contributed by atoms with van der Waals surface area (Å²) >= 11 is 0.